The number of aromatic nitrogens is 6. The third-order valence-corrected chi connectivity index (χ3v) is 3.89. The standard InChI is InChI=1S/C16H10ClF2N7/c17-15-25-12(7-5-21-16(20)22-6-7)13-14(26-15)24-11(23-13)4-8-9(18)2-1-3-10(8)19/h1-3,5-6H,4H2,(H2,20,21,22)(H,23,24,25,26). The summed E-state index contributed by atoms with van der Waals surface area (Å²) < 4.78 is 27.8. The molecule has 0 atom stereocenters. The lowest BCUT2D eigenvalue weighted by molar-refractivity contribution is 0.559. The Hall–Kier alpha value is -3.20. The van der Waals surface area contributed by atoms with Gasteiger partial charge >= 0.3 is 0 Å². The average molecular weight is 374 g/mol. The van der Waals surface area contributed by atoms with Crippen LogP contribution in [0.1, 0.15) is 11.4 Å². The van der Waals surface area contributed by atoms with Crippen molar-refractivity contribution in [1.82, 2.24) is 29.9 Å². The molecule has 0 unspecified atom stereocenters. The zero-order chi connectivity index (χ0) is 18.3. The largest absolute Gasteiger partial charge is 0.368 e. The summed E-state index contributed by atoms with van der Waals surface area (Å²) in [5, 5.41) is -0.0283. The van der Waals surface area contributed by atoms with Crippen molar-refractivity contribution in [2.75, 3.05) is 5.73 Å². The molecule has 3 heterocycles. The smallest absolute Gasteiger partial charge is 0.225 e. The second kappa shape index (κ2) is 6.26. The molecular weight excluding hydrogens is 364 g/mol. The maximum atomic E-state index is 13.9. The Bertz CT molecular complexity index is 1090. The zero-order valence-corrected chi connectivity index (χ0v) is 13.8. The van der Waals surface area contributed by atoms with Crippen LogP contribution in [0.2, 0.25) is 5.28 Å². The number of anilines is 1. The number of H-pyrrole nitrogens is 1. The van der Waals surface area contributed by atoms with Gasteiger partial charge < -0.3 is 10.7 Å². The Morgan fingerprint density at radius 2 is 1.73 bits per heavy atom. The summed E-state index contributed by atoms with van der Waals surface area (Å²) in [6, 6.07) is 3.68. The molecule has 0 aliphatic rings. The van der Waals surface area contributed by atoms with Gasteiger partial charge in [0, 0.05) is 29.9 Å². The quantitative estimate of drug-likeness (QED) is 0.535. The summed E-state index contributed by atoms with van der Waals surface area (Å²) in [6.45, 7) is 0. The minimum atomic E-state index is -0.651. The van der Waals surface area contributed by atoms with E-state index in [1.54, 1.807) is 0 Å². The van der Waals surface area contributed by atoms with Crippen LogP contribution in [-0.4, -0.2) is 29.9 Å². The van der Waals surface area contributed by atoms with Crippen molar-refractivity contribution >= 4 is 28.7 Å². The number of benzene rings is 1. The molecule has 26 heavy (non-hydrogen) atoms. The first-order valence-corrected chi connectivity index (χ1v) is 7.82. The summed E-state index contributed by atoms with van der Waals surface area (Å²) in [5.41, 5.74) is 7.07. The molecule has 0 radical (unpaired) electrons. The number of imidazole rings is 1. The van der Waals surface area contributed by atoms with Crippen LogP contribution in [0.15, 0.2) is 30.6 Å². The molecule has 0 amide bonds. The molecule has 0 aliphatic heterocycles. The van der Waals surface area contributed by atoms with Crippen LogP contribution < -0.4 is 5.73 Å². The van der Waals surface area contributed by atoms with E-state index >= 15 is 0 Å². The average Bonchev–Trinajstić information content (AvgIpc) is 3.01. The summed E-state index contributed by atoms with van der Waals surface area (Å²) in [7, 11) is 0. The van der Waals surface area contributed by atoms with E-state index < -0.39 is 11.6 Å². The highest BCUT2D eigenvalue weighted by atomic mass is 35.5. The second-order valence-electron chi connectivity index (χ2n) is 5.43. The van der Waals surface area contributed by atoms with E-state index in [1.807, 2.05) is 0 Å². The van der Waals surface area contributed by atoms with Crippen LogP contribution in [0.5, 0.6) is 0 Å². The van der Waals surface area contributed by atoms with Crippen LogP contribution in [0.4, 0.5) is 14.7 Å². The Morgan fingerprint density at radius 3 is 2.42 bits per heavy atom. The zero-order valence-electron chi connectivity index (χ0n) is 13.0. The highest BCUT2D eigenvalue weighted by Crippen LogP contribution is 2.26. The molecule has 10 heteroatoms. The van der Waals surface area contributed by atoms with E-state index in [1.165, 1.54) is 30.6 Å². The Labute approximate surface area is 150 Å². The van der Waals surface area contributed by atoms with Gasteiger partial charge in [-0.15, -0.1) is 0 Å². The van der Waals surface area contributed by atoms with Gasteiger partial charge in [-0.3, -0.25) is 0 Å². The molecular formula is C16H10ClF2N7. The van der Waals surface area contributed by atoms with Gasteiger partial charge in [0.1, 0.15) is 28.7 Å². The molecule has 7 nitrogen and oxygen atoms in total. The highest BCUT2D eigenvalue weighted by Gasteiger charge is 2.17. The Kier molecular flexibility index (Phi) is 3.92. The number of fused-ring (bicyclic) bond motifs is 1. The molecule has 0 saturated carbocycles. The summed E-state index contributed by atoms with van der Waals surface area (Å²) in [4.78, 5) is 23.3. The first kappa shape index (κ1) is 16.3. The Balaban J connectivity index is 1.82. The number of hydrogen-bond donors (Lipinski definition) is 2. The molecule has 4 rings (SSSR count). The molecule has 1 aromatic carbocycles. The molecule has 4 aromatic rings. The van der Waals surface area contributed by atoms with Crippen LogP contribution in [0, 0.1) is 11.6 Å². The minimum absolute atomic E-state index is 0.0283. The first-order valence-electron chi connectivity index (χ1n) is 7.44. The van der Waals surface area contributed by atoms with Crippen LogP contribution in [0.3, 0.4) is 0 Å². The SMILES string of the molecule is Nc1ncc(-c2nc(Cl)nc3nc(Cc4c(F)cccc4F)[nH]c23)cn1. The maximum absolute atomic E-state index is 13.9. The van der Waals surface area contributed by atoms with E-state index in [9.17, 15) is 8.78 Å². The second-order valence-corrected chi connectivity index (χ2v) is 5.77. The number of nitrogens with one attached hydrogen (secondary N) is 1. The number of nitrogens with two attached hydrogens (primary N) is 1. The molecule has 0 fully saturated rings. The van der Waals surface area contributed by atoms with Gasteiger partial charge in [-0.25, -0.2) is 28.7 Å². The molecule has 0 saturated heterocycles. The molecule has 3 aromatic heterocycles. The van der Waals surface area contributed by atoms with Crippen molar-refractivity contribution in [2.24, 2.45) is 0 Å². The third kappa shape index (κ3) is 2.93. The lowest BCUT2D eigenvalue weighted by atomic mass is 10.1. The van der Waals surface area contributed by atoms with Crippen LogP contribution >= 0.6 is 11.6 Å². The molecule has 0 bridgehead atoms. The lowest BCUT2D eigenvalue weighted by Crippen LogP contribution is -1.98. The highest BCUT2D eigenvalue weighted by molar-refractivity contribution is 6.28. The van der Waals surface area contributed by atoms with Gasteiger partial charge in [0.2, 0.25) is 11.2 Å². The van der Waals surface area contributed by atoms with Crippen molar-refractivity contribution < 1.29 is 8.78 Å². The fourth-order valence-corrected chi connectivity index (χ4v) is 2.70. The van der Waals surface area contributed by atoms with Crippen LogP contribution in [0.25, 0.3) is 22.4 Å². The van der Waals surface area contributed by atoms with E-state index in [0.717, 1.165) is 0 Å². The van der Waals surface area contributed by atoms with Crippen molar-refractivity contribution in [3.63, 3.8) is 0 Å². The van der Waals surface area contributed by atoms with E-state index in [4.69, 9.17) is 17.3 Å². The van der Waals surface area contributed by atoms with Gasteiger partial charge in [0.05, 0.1) is 0 Å². The third-order valence-electron chi connectivity index (χ3n) is 3.72. The first-order chi connectivity index (χ1) is 12.5. The number of rotatable bonds is 3. The van der Waals surface area contributed by atoms with Gasteiger partial charge in [-0.1, -0.05) is 6.07 Å². The number of aromatic amines is 1. The van der Waals surface area contributed by atoms with E-state index in [-0.39, 0.29) is 28.9 Å². The predicted octanol–water partition coefficient (Wildman–Crippen LogP) is 2.91. The monoisotopic (exact) mass is 373 g/mol. The van der Waals surface area contributed by atoms with Crippen molar-refractivity contribution in [3.8, 4) is 11.3 Å². The number of nitrogens with zero attached hydrogens (tertiary/aromatic N) is 5. The van der Waals surface area contributed by atoms with Crippen molar-refractivity contribution in [1.29, 1.82) is 0 Å². The minimum Gasteiger partial charge on any atom is -0.368 e. The van der Waals surface area contributed by atoms with Crippen LogP contribution in [-0.2, 0) is 6.42 Å². The number of nitrogen functional groups attached to an aromatic ring is 1. The van der Waals surface area contributed by atoms with E-state index in [0.29, 0.717) is 22.6 Å². The molecule has 0 aliphatic carbocycles. The van der Waals surface area contributed by atoms with Gasteiger partial charge in [-0.05, 0) is 23.7 Å². The van der Waals surface area contributed by atoms with Gasteiger partial charge in [-0.2, -0.15) is 4.98 Å². The Morgan fingerprint density at radius 1 is 1.04 bits per heavy atom. The predicted molar refractivity (Wildman–Crippen MR) is 91.3 cm³/mol. The maximum Gasteiger partial charge on any atom is 0.225 e. The summed E-state index contributed by atoms with van der Waals surface area (Å²) in [6.07, 6.45) is 2.89. The topological polar surface area (TPSA) is 106 Å². The van der Waals surface area contributed by atoms with Gasteiger partial charge in [0.15, 0.2) is 5.65 Å². The molecule has 3 N–H and O–H groups in total. The van der Waals surface area contributed by atoms with Gasteiger partial charge in [0.25, 0.3) is 0 Å². The van der Waals surface area contributed by atoms with Crippen molar-refractivity contribution in [3.05, 3.63) is 58.9 Å². The lowest BCUT2D eigenvalue weighted by Gasteiger charge is -2.02. The normalized spacial score (nSPS) is 11.2. The number of halogens is 3. The van der Waals surface area contributed by atoms with E-state index in [2.05, 4.69) is 29.9 Å². The molecule has 0 spiro atoms. The number of hydrogen-bond acceptors (Lipinski definition) is 6. The summed E-state index contributed by atoms with van der Waals surface area (Å²) >= 11 is 5.96. The fourth-order valence-electron chi connectivity index (χ4n) is 2.54. The fraction of sp³-hybridized carbons (Fsp3) is 0.0625. The molecule has 130 valence electrons. The summed E-state index contributed by atoms with van der Waals surface area (Å²) in [5.74, 6) is -0.868. The van der Waals surface area contributed by atoms with Crippen molar-refractivity contribution in [2.45, 2.75) is 6.42 Å².